The number of nitrogens with zero attached hydrogens (tertiary/aromatic N) is 5. The van der Waals surface area contributed by atoms with Crippen molar-refractivity contribution in [1.82, 2.24) is 29.9 Å². The third-order valence-electron chi connectivity index (χ3n) is 4.45. The summed E-state index contributed by atoms with van der Waals surface area (Å²) in [5.74, 6) is 0.433. The number of hydrogen-bond donors (Lipinski definition) is 2. The lowest BCUT2D eigenvalue weighted by Gasteiger charge is -2.09. The second-order valence-corrected chi connectivity index (χ2v) is 6.62. The van der Waals surface area contributed by atoms with Gasteiger partial charge in [-0.05, 0) is 29.5 Å². The zero-order valence-corrected chi connectivity index (χ0v) is 16.4. The fourth-order valence-electron chi connectivity index (χ4n) is 3.04. The Morgan fingerprint density at radius 3 is 2.76 bits per heavy atom. The fraction of sp³-hybridized carbons (Fsp3) is 0.0952. The van der Waals surface area contributed by atoms with E-state index in [9.17, 15) is 0 Å². The molecule has 0 saturated carbocycles. The maximum atomic E-state index is 6.36. The summed E-state index contributed by atoms with van der Waals surface area (Å²) >= 11 is 6.36. The van der Waals surface area contributed by atoms with Gasteiger partial charge < -0.3 is 10.7 Å². The molecule has 0 aliphatic carbocycles. The second kappa shape index (κ2) is 8.20. The zero-order valence-electron chi connectivity index (χ0n) is 15.7. The van der Waals surface area contributed by atoms with Gasteiger partial charge in [-0.1, -0.05) is 42.8 Å². The Hall–Kier alpha value is -3.58. The quantitative estimate of drug-likeness (QED) is 0.422. The van der Waals surface area contributed by atoms with Gasteiger partial charge in [-0.2, -0.15) is 0 Å². The maximum Gasteiger partial charge on any atom is 0.182 e. The van der Waals surface area contributed by atoms with Crippen LogP contribution in [0.3, 0.4) is 0 Å². The number of nitrogens with two attached hydrogens (primary N) is 1. The first-order valence-electron chi connectivity index (χ1n) is 9.05. The van der Waals surface area contributed by atoms with Crippen molar-refractivity contribution >= 4 is 39.4 Å². The number of aromatic amines is 1. The number of pyridine rings is 2. The van der Waals surface area contributed by atoms with Crippen molar-refractivity contribution in [3.05, 3.63) is 72.3 Å². The van der Waals surface area contributed by atoms with E-state index in [1.165, 1.54) is 12.7 Å². The molecular weight excluding hydrogens is 386 g/mol. The molecule has 4 heterocycles. The summed E-state index contributed by atoms with van der Waals surface area (Å²) in [6, 6.07) is 12.2. The van der Waals surface area contributed by atoms with Crippen LogP contribution >= 0.6 is 11.6 Å². The normalized spacial score (nSPS) is 10.7. The molecule has 29 heavy (non-hydrogen) atoms. The molecule has 3 N–H and O–H groups in total. The molecule has 0 unspecified atom stereocenters. The van der Waals surface area contributed by atoms with Gasteiger partial charge in [-0.25, -0.2) is 19.9 Å². The van der Waals surface area contributed by atoms with Gasteiger partial charge in [0.15, 0.2) is 11.5 Å². The van der Waals surface area contributed by atoms with Crippen LogP contribution in [0.2, 0.25) is 5.15 Å². The number of imidazole rings is 1. The first-order chi connectivity index (χ1) is 14.2. The van der Waals surface area contributed by atoms with E-state index >= 15 is 0 Å². The minimum Gasteiger partial charge on any atom is -0.382 e. The molecule has 1 aromatic carbocycles. The van der Waals surface area contributed by atoms with Crippen LogP contribution in [0.1, 0.15) is 12.6 Å². The van der Waals surface area contributed by atoms with Crippen LogP contribution in [0.5, 0.6) is 0 Å². The molecular formula is C21H18ClN7. The number of aryl methyl sites for hydroxylation is 1. The minimum atomic E-state index is 0.433. The Kier molecular flexibility index (Phi) is 5.31. The Labute approximate surface area is 172 Å². The zero-order chi connectivity index (χ0) is 20.2. The number of aromatic nitrogens is 6. The highest BCUT2D eigenvalue weighted by molar-refractivity contribution is 6.35. The van der Waals surface area contributed by atoms with E-state index in [0.717, 1.165) is 34.0 Å². The smallest absolute Gasteiger partial charge is 0.182 e. The monoisotopic (exact) mass is 403 g/mol. The van der Waals surface area contributed by atoms with E-state index < -0.39 is 0 Å². The molecule has 0 amide bonds. The molecule has 0 radical (unpaired) electrons. The average Bonchev–Trinajstić information content (AvgIpc) is 3.24. The molecule has 0 aliphatic heterocycles. The molecule has 0 atom stereocenters. The Morgan fingerprint density at radius 2 is 2.00 bits per heavy atom. The topological polar surface area (TPSA) is 106 Å². The average molecular weight is 404 g/mol. The Bertz CT molecular complexity index is 1270. The van der Waals surface area contributed by atoms with Crippen molar-refractivity contribution < 1.29 is 0 Å². The highest BCUT2D eigenvalue weighted by Crippen LogP contribution is 2.32. The van der Waals surface area contributed by atoms with Crippen molar-refractivity contribution in [3.8, 4) is 11.1 Å². The van der Waals surface area contributed by atoms with Gasteiger partial charge in [0.1, 0.15) is 17.0 Å². The molecule has 0 bridgehead atoms. The molecule has 5 rings (SSSR count). The third-order valence-corrected chi connectivity index (χ3v) is 4.73. The van der Waals surface area contributed by atoms with Gasteiger partial charge in [0, 0.05) is 29.0 Å². The predicted molar refractivity (Wildman–Crippen MR) is 115 cm³/mol. The van der Waals surface area contributed by atoms with Crippen LogP contribution in [0.25, 0.3) is 33.1 Å². The van der Waals surface area contributed by atoms with E-state index in [-0.39, 0.29) is 0 Å². The first-order valence-corrected chi connectivity index (χ1v) is 9.43. The number of anilines is 1. The predicted octanol–water partition coefficient (Wildman–Crippen LogP) is 4.45. The van der Waals surface area contributed by atoms with Crippen LogP contribution in [-0.2, 0) is 6.42 Å². The summed E-state index contributed by atoms with van der Waals surface area (Å²) in [5, 5.41) is 2.68. The number of benzene rings is 1. The standard InChI is InChI=1S/C16H13ClN2.C5H5N5/c1-2-13-9-11-5-3-7-14(15(11)16(17)19-13)12-6-4-8-18-10-12;6-4-3-5(9-1-7-3)10-2-8-4/h3-10H,2H2,1H3;1-2H,(H3,6,7,8,9,10). The number of fused-ring (bicyclic) bond motifs is 2. The molecule has 8 heteroatoms. The lowest BCUT2D eigenvalue weighted by atomic mass is 10.0. The molecule has 0 aliphatic rings. The summed E-state index contributed by atoms with van der Waals surface area (Å²) in [5.41, 5.74) is 9.93. The highest BCUT2D eigenvalue weighted by Gasteiger charge is 2.09. The second-order valence-electron chi connectivity index (χ2n) is 6.26. The van der Waals surface area contributed by atoms with Crippen LogP contribution in [0.15, 0.2) is 61.4 Å². The maximum absolute atomic E-state index is 6.36. The number of nitrogens with one attached hydrogen (secondary N) is 1. The summed E-state index contributed by atoms with van der Waals surface area (Å²) in [6.45, 7) is 2.08. The first kappa shape index (κ1) is 18.8. The van der Waals surface area contributed by atoms with Crippen molar-refractivity contribution in [1.29, 1.82) is 0 Å². The molecule has 0 saturated heterocycles. The summed E-state index contributed by atoms with van der Waals surface area (Å²) in [6.07, 6.45) is 7.42. The number of halogens is 1. The van der Waals surface area contributed by atoms with Crippen LogP contribution < -0.4 is 5.73 Å². The van der Waals surface area contributed by atoms with Crippen molar-refractivity contribution in [2.75, 3.05) is 5.73 Å². The fourth-order valence-corrected chi connectivity index (χ4v) is 3.36. The number of nitrogen functional groups attached to an aromatic ring is 1. The van der Waals surface area contributed by atoms with Crippen molar-refractivity contribution in [3.63, 3.8) is 0 Å². The van der Waals surface area contributed by atoms with E-state index in [0.29, 0.717) is 22.1 Å². The largest absolute Gasteiger partial charge is 0.382 e. The van der Waals surface area contributed by atoms with E-state index in [4.69, 9.17) is 17.3 Å². The number of rotatable bonds is 2. The summed E-state index contributed by atoms with van der Waals surface area (Å²) in [7, 11) is 0. The lowest BCUT2D eigenvalue weighted by molar-refractivity contribution is 1.05. The number of H-pyrrole nitrogens is 1. The van der Waals surface area contributed by atoms with Crippen LogP contribution in [0.4, 0.5) is 5.82 Å². The molecule has 4 aromatic heterocycles. The summed E-state index contributed by atoms with van der Waals surface area (Å²) in [4.78, 5) is 23.0. The van der Waals surface area contributed by atoms with Crippen LogP contribution in [0, 0.1) is 0 Å². The SMILES string of the molecule is CCc1cc2cccc(-c3cccnc3)c2c(Cl)n1.Nc1ncnc2nc[nH]c12. The van der Waals surface area contributed by atoms with Gasteiger partial charge in [-0.3, -0.25) is 4.98 Å². The van der Waals surface area contributed by atoms with Gasteiger partial charge in [0.25, 0.3) is 0 Å². The Morgan fingerprint density at radius 1 is 1.10 bits per heavy atom. The molecule has 0 spiro atoms. The van der Waals surface area contributed by atoms with Gasteiger partial charge in [0.05, 0.1) is 6.33 Å². The molecule has 5 aromatic rings. The van der Waals surface area contributed by atoms with Gasteiger partial charge >= 0.3 is 0 Å². The molecule has 0 fully saturated rings. The Balaban J connectivity index is 0.000000171. The summed E-state index contributed by atoms with van der Waals surface area (Å²) < 4.78 is 0. The minimum absolute atomic E-state index is 0.433. The van der Waals surface area contributed by atoms with E-state index in [1.54, 1.807) is 6.20 Å². The lowest BCUT2D eigenvalue weighted by Crippen LogP contribution is -1.91. The third kappa shape index (κ3) is 3.86. The van der Waals surface area contributed by atoms with Gasteiger partial charge in [0.2, 0.25) is 0 Å². The molecule has 7 nitrogen and oxygen atoms in total. The molecule has 144 valence electrons. The van der Waals surface area contributed by atoms with Gasteiger partial charge in [-0.15, -0.1) is 0 Å². The van der Waals surface area contributed by atoms with Crippen molar-refractivity contribution in [2.45, 2.75) is 13.3 Å². The van der Waals surface area contributed by atoms with E-state index in [1.807, 2.05) is 24.4 Å². The van der Waals surface area contributed by atoms with Crippen LogP contribution in [-0.4, -0.2) is 29.9 Å². The number of hydrogen-bond acceptors (Lipinski definition) is 6. The highest BCUT2D eigenvalue weighted by atomic mass is 35.5. The van der Waals surface area contributed by atoms with Crippen molar-refractivity contribution in [2.24, 2.45) is 0 Å². The van der Waals surface area contributed by atoms with E-state index in [2.05, 4.69) is 55.0 Å².